The van der Waals surface area contributed by atoms with Gasteiger partial charge in [0.1, 0.15) is 17.7 Å². The summed E-state index contributed by atoms with van der Waals surface area (Å²) in [6.07, 6.45) is 1.49. The molecule has 2 heterocycles. The molecule has 204 valence electrons. The number of methoxy groups -OCH3 is 2. The minimum atomic E-state index is -1.40. The molecule has 2 N–H and O–H groups in total. The van der Waals surface area contributed by atoms with Crippen molar-refractivity contribution in [3.05, 3.63) is 59.2 Å². The average molecular weight is 562 g/mol. The summed E-state index contributed by atoms with van der Waals surface area (Å²) in [7, 11) is 3.21. The molecule has 1 fully saturated rings. The number of nitrogens with one attached hydrogen (secondary N) is 1. The molecule has 1 atom stereocenters. The maximum absolute atomic E-state index is 15.7. The number of pyridine rings is 1. The van der Waals surface area contributed by atoms with E-state index in [-0.39, 0.29) is 17.9 Å². The highest BCUT2D eigenvalue weighted by molar-refractivity contribution is 7.99. The topological polar surface area (TPSA) is 83.9 Å². The van der Waals surface area contributed by atoms with E-state index in [1.165, 1.54) is 6.20 Å². The monoisotopic (exact) mass is 561 g/mol. The van der Waals surface area contributed by atoms with E-state index < -0.39 is 17.5 Å². The van der Waals surface area contributed by atoms with Crippen LogP contribution in [0.5, 0.6) is 11.5 Å². The first kappa shape index (κ1) is 28.4. The number of halogens is 2. The third-order valence-electron chi connectivity index (χ3n) is 7.39. The van der Waals surface area contributed by atoms with Gasteiger partial charge in [0.15, 0.2) is 0 Å². The van der Waals surface area contributed by atoms with Crippen molar-refractivity contribution in [3.63, 3.8) is 0 Å². The lowest BCUT2D eigenvalue weighted by Gasteiger charge is -2.40. The van der Waals surface area contributed by atoms with Crippen molar-refractivity contribution < 1.29 is 23.9 Å². The Hall–Kier alpha value is -2.59. The molecule has 0 spiro atoms. The van der Waals surface area contributed by atoms with Gasteiger partial charge in [0.2, 0.25) is 5.91 Å². The summed E-state index contributed by atoms with van der Waals surface area (Å²) in [5.41, 5.74) is 1.96. The number of carbonyl (C=O) groups is 1. The Morgan fingerprint density at radius 3 is 2.71 bits per heavy atom. The molecule has 0 unspecified atom stereocenters. The molecule has 1 aliphatic heterocycles. The van der Waals surface area contributed by atoms with Crippen LogP contribution in [-0.2, 0) is 4.79 Å². The second kappa shape index (κ2) is 13.0. The summed E-state index contributed by atoms with van der Waals surface area (Å²) in [5, 5.41) is 10.3. The van der Waals surface area contributed by atoms with E-state index in [9.17, 15) is 10.0 Å². The molecule has 4 rings (SSSR count). The van der Waals surface area contributed by atoms with Crippen LogP contribution in [0.3, 0.4) is 0 Å². The number of hydroxylamine groups is 1. The molecule has 3 aromatic rings. The molecule has 10 heteroatoms. The van der Waals surface area contributed by atoms with Crippen molar-refractivity contribution >= 4 is 40.2 Å². The second-order valence-electron chi connectivity index (χ2n) is 9.47. The third kappa shape index (κ3) is 6.34. The minimum Gasteiger partial charge on any atom is -0.497 e. The van der Waals surface area contributed by atoms with Gasteiger partial charge in [-0.05, 0) is 69.1 Å². The summed E-state index contributed by atoms with van der Waals surface area (Å²) in [6, 6.07) is 13.2. The smallest absolute Gasteiger partial charge is 0.249 e. The molecule has 0 saturated carbocycles. The number of hydrogen-bond donors (Lipinski definition) is 2. The van der Waals surface area contributed by atoms with Crippen LogP contribution >= 0.6 is 23.4 Å². The zero-order valence-corrected chi connectivity index (χ0v) is 23.2. The van der Waals surface area contributed by atoms with E-state index >= 15 is 4.39 Å². The fourth-order valence-electron chi connectivity index (χ4n) is 5.10. The van der Waals surface area contributed by atoms with Gasteiger partial charge >= 0.3 is 0 Å². The van der Waals surface area contributed by atoms with Gasteiger partial charge in [0, 0.05) is 34.3 Å². The molecule has 0 radical (unpaired) electrons. The summed E-state index contributed by atoms with van der Waals surface area (Å²) >= 11 is 8.12. The summed E-state index contributed by atoms with van der Waals surface area (Å²) in [4.78, 5) is 20.5. The van der Waals surface area contributed by atoms with Gasteiger partial charge in [-0.25, -0.2) is 9.87 Å². The molecule has 1 aliphatic rings. The first-order valence-corrected chi connectivity index (χ1v) is 14.0. The van der Waals surface area contributed by atoms with Crippen LogP contribution in [0.25, 0.3) is 10.9 Å². The fourth-order valence-corrected chi connectivity index (χ4v) is 6.40. The maximum atomic E-state index is 15.7. The van der Waals surface area contributed by atoms with Crippen LogP contribution in [-0.4, -0.2) is 60.6 Å². The molecule has 1 amide bonds. The van der Waals surface area contributed by atoms with Crippen LogP contribution in [0, 0.1) is 5.41 Å². The number of likely N-dealkylation sites (tertiary alicyclic amines) is 1. The van der Waals surface area contributed by atoms with Gasteiger partial charge in [-0.2, -0.15) is 0 Å². The number of hydrogen-bond acceptors (Lipinski definition) is 7. The van der Waals surface area contributed by atoms with Crippen molar-refractivity contribution in [1.29, 1.82) is 0 Å². The summed E-state index contributed by atoms with van der Waals surface area (Å²) < 4.78 is 26.5. The highest BCUT2D eigenvalue weighted by Gasteiger charge is 2.41. The number of amides is 1. The molecule has 1 saturated heterocycles. The van der Waals surface area contributed by atoms with Gasteiger partial charge in [0.25, 0.3) is 0 Å². The van der Waals surface area contributed by atoms with Crippen LogP contribution in [0.4, 0.5) is 4.39 Å². The Labute approximate surface area is 231 Å². The standard InChI is InChI=1S/C28H33ClFN3O4S/c1-36-19-7-8-23-20(17-19)26(21(29)18-31-23)22(30)9-10-28(27(34)32-35)11-13-33(14-12-28)15-16-38-25-6-4-3-5-24(25)37-2/h3-8,17-18,22,35H,9-16H2,1-2H3,(H,32,34)/t22-/m1/s1. The largest absolute Gasteiger partial charge is 0.497 e. The minimum absolute atomic E-state index is 0.0904. The average Bonchev–Trinajstić information content (AvgIpc) is 2.96. The molecule has 7 nitrogen and oxygen atoms in total. The lowest BCUT2D eigenvalue weighted by molar-refractivity contribution is -0.143. The van der Waals surface area contributed by atoms with E-state index in [2.05, 4.69) is 9.88 Å². The molecule has 0 bridgehead atoms. The maximum Gasteiger partial charge on any atom is 0.249 e. The number of carbonyl (C=O) groups excluding carboxylic acids is 1. The van der Waals surface area contributed by atoms with Gasteiger partial charge in [-0.3, -0.25) is 15.0 Å². The summed E-state index contributed by atoms with van der Waals surface area (Å²) in [6.45, 7) is 2.23. The predicted octanol–water partition coefficient (Wildman–Crippen LogP) is 6.08. The number of alkyl halides is 1. The highest BCUT2D eigenvalue weighted by Crippen LogP contribution is 2.42. The Balaban J connectivity index is 1.39. The number of rotatable bonds is 11. The van der Waals surface area contributed by atoms with Gasteiger partial charge in [0.05, 0.1) is 30.2 Å². The van der Waals surface area contributed by atoms with E-state index in [1.54, 1.807) is 44.2 Å². The first-order valence-electron chi connectivity index (χ1n) is 12.6. The highest BCUT2D eigenvalue weighted by atomic mass is 35.5. The van der Waals surface area contributed by atoms with Crippen LogP contribution in [0.1, 0.15) is 37.4 Å². The van der Waals surface area contributed by atoms with Crippen molar-refractivity contribution in [1.82, 2.24) is 15.4 Å². The molecular weight excluding hydrogens is 529 g/mol. The van der Waals surface area contributed by atoms with Gasteiger partial charge in [-0.15, -0.1) is 11.8 Å². The van der Waals surface area contributed by atoms with Crippen molar-refractivity contribution in [3.8, 4) is 11.5 Å². The molecule has 2 aromatic carbocycles. The molecule has 1 aromatic heterocycles. The van der Waals surface area contributed by atoms with Crippen molar-refractivity contribution in [2.75, 3.05) is 39.6 Å². The molecule has 38 heavy (non-hydrogen) atoms. The fraction of sp³-hybridized carbons (Fsp3) is 0.429. The Morgan fingerprint density at radius 1 is 1.24 bits per heavy atom. The zero-order chi connectivity index (χ0) is 27.1. The number of aromatic nitrogens is 1. The van der Waals surface area contributed by atoms with E-state index in [1.807, 2.05) is 29.7 Å². The van der Waals surface area contributed by atoms with E-state index in [4.69, 9.17) is 21.1 Å². The van der Waals surface area contributed by atoms with E-state index in [0.717, 1.165) is 22.9 Å². The van der Waals surface area contributed by atoms with Crippen LogP contribution in [0.2, 0.25) is 5.02 Å². The Morgan fingerprint density at radius 2 is 2.00 bits per heavy atom. The first-order chi connectivity index (χ1) is 18.4. The van der Waals surface area contributed by atoms with E-state index in [0.29, 0.717) is 48.1 Å². The number of para-hydroxylation sites is 1. The second-order valence-corrected chi connectivity index (χ2v) is 11.0. The lowest BCUT2D eigenvalue weighted by atomic mass is 9.73. The Kier molecular flexibility index (Phi) is 9.70. The SMILES string of the molecule is COc1ccc2ncc(Cl)c([C@H](F)CCC3(C(=O)NO)CCN(CCSc4ccccc4OC)CC3)c2c1. The van der Waals surface area contributed by atoms with Gasteiger partial charge < -0.3 is 14.4 Å². The molecule has 0 aliphatic carbocycles. The Bertz CT molecular complexity index is 1260. The number of thioether (sulfide) groups is 1. The van der Waals surface area contributed by atoms with Crippen molar-refractivity contribution in [2.45, 2.75) is 36.8 Å². The number of benzene rings is 2. The van der Waals surface area contributed by atoms with Gasteiger partial charge in [-0.1, -0.05) is 23.7 Å². The summed E-state index contributed by atoms with van der Waals surface area (Å²) in [5.74, 6) is 1.86. The number of nitrogens with zero attached hydrogens (tertiary/aromatic N) is 2. The third-order valence-corrected chi connectivity index (χ3v) is 8.72. The normalized spacial score (nSPS) is 16.2. The predicted molar refractivity (Wildman–Crippen MR) is 148 cm³/mol. The van der Waals surface area contributed by atoms with Crippen LogP contribution in [0.15, 0.2) is 53.6 Å². The number of fused-ring (bicyclic) bond motifs is 1. The molecular formula is C28H33ClFN3O4S. The van der Waals surface area contributed by atoms with Crippen LogP contribution < -0.4 is 15.0 Å². The number of ether oxygens (including phenoxy) is 2. The number of piperidine rings is 1. The zero-order valence-electron chi connectivity index (χ0n) is 21.6. The lowest BCUT2D eigenvalue weighted by Crippen LogP contribution is -2.48. The van der Waals surface area contributed by atoms with Crippen molar-refractivity contribution in [2.24, 2.45) is 5.41 Å². The quantitative estimate of drug-likeness (QED) is 0.167.